The van der Waals surface area contributed by atoms with Crippen molar-refractivity contribution in [3.05, 3.63) is 88.0 Å². The molecule has 1 amide bonds. The van der Waals surface area contributed by atoms with E-state index in [1.54, 1.807) is 28.8 Å². The summed E-state index contributed by atoms with van der Waals surface area (Å²) < 4.78 is 12.6. The molecule has 0 spiro atoms. The first-order valence-corrected chi connectivity index (χ1v) is 13.8. The van der Waals surface area contributed by atoms with Gasteiger partial charge in [0, 0.05) is 22.5 Å². The van der Waals surface area contributed by atoms with Crippen LogP contribution in [0, 0.1) is 0 Å². The van der Waals surface area contributed by atoms with E-state index in [4.69, 9.17) is 32.7 Å². The van der Waals surface area contributed by atoms with Crippen LogP contribution in [0.3, 0.4) is 0 Å². The molecule has 8 nitrogen and oxygen atoms in total. The number of carbonyl (C=O) groups is 2. The minimum absolute atomic E-state index is 0.0400. The van der Waals surface area contributed by atoms with Gasteiger partial charge >= 0.3 is 5.97 Å². The standard InChI is InChI=1S/C26H22Cl2N4O4S2/c1-3-11-32-21(13-36-20-10-9-17(27)12-19(20)28)30-31-26(32)38-15-22(33)29-24-23(25(34)35-2)18(14-37-24)16-7-5-4-6-8-16/h3-10,12,14H,1,11,13,15H2,2H3,(H,29,33). The van der Waals surface area contributed by atoms with E-state index in [9.17, 15) is 9.59 Å². The second-order valence-corrected chi connectivity index (χ2v) is 10.4. The zero-order valence-electron chi connectivity index (χ0n) is 20.1. The molecule has 12 heteroatoms. The predicted octanol–water partition coefficient (Wildman–Crippen LogP) is 6.60. The topological polar surface area (TPSA) is 95.3 Å². The number of allylic oxidation sites excluding steroid dienone is 1. The molecule has 0 aliphatic carbocycles. The minimum Gasteiger partial charge on any atom is -0.484 e. The van der Waals surface area contributed by atoms with Gasteiger partial charge in [0.1, 0.15) is 22.9 Å². The van der Waals surface area contributed by atoms with Crippen molar-refractivity contribution in [3.63, 3.8) is 0 Å². The van der Waals surface area contributed by atoms with Crippen LogP contribution in [-0.2, 0) is 22.7 Å². The van der Waals surface area contributed by atoms with Gasteiger partial charge in [-0.15, -0.1) is 28.1 Å². The lowest BCUT2D eigenvalue weighted by Gasteiger charge is -2.10. The molecule has 0 bridgehead atoms. The maximum Gasteiger partial charge on any atom is 0.341 e. The predicted molar refractivity (Wildman–Crippen MR) is 151 cm³/mol. The van der Waals surface area contributed by atoms with Crippen molar-refractivity contribution in [2.45, 2.75) is 18.3 Å². The highest BCUT2D eigenvalue weighted by molar-refractivity contribution is 7.99. The first-order chi connectivity index (χ1) is 18.4. The average molecular weight is 590 g/mol. The fourth-order valence-electron chi connectivity index (χ4n) is 3.46. The zero-order chi connectivity index (χ0) is 27.1. The number of nitrogens with zero attached hydrogens (tertiary/aromatic N) is 3. The van der Waals surface area contributed by atoms with Gasteiger partial charge < -0.3 is 14.8 Å². The van der Waals surface area contributed by atoms with Gasteiger partial charge in [0.25, 0.3) is 0 Å². The summed E-state index contributed by atoms with van der Waals surface area (Å²) in [5.74, 6) is 0.213. The van der Waals surface area contributed by atoms with Crippen LogP contribution in [0.5, 0.6) is 5.75 Å². The molecule has 0 fully saturated rings. The largest absolute Gasteiger partial charge is 0.484 e. The fourth-order valence-corrected chi connectivity index (χ4v) is 5.66. The number of halogens is 2. The van der Waals surface area contributed by atoms with Crippen molar-refractivity contribution in [2.75, 3.05) is 18.2 Å². The Labute approximate surface area is 237 Å². The lowest BCUT2D eigenvalue weighted by atomic mass is 10.0. The molecule has 1 N–H and O–H groups in total. The van der Waals surface area contributed by atoms with Crippen LogP contribution in [0.2, 0.25) is 10.0 Å². The van der Waals surface area contributed by atoms with E-state index < -0.39 is 5.97 Å². The first-order valence-electron chi connectivity index (χ1n) is 11.2. The molecule has 0 radical (unpaired) electrons. The quantitative estimate of drug-likeness (QED) is 0.120. The maximum atomic E-state index is 12.8. The number of aromatic nitrogens is 3. The monoisotopic (exact) mass is 588 g/mol. The van der Waals surface area contributed by atoms with Gasteiger partial charge in [-0.25, -0.2) is 4.79 Å². The Morgan fingerprint density at radius 3 is 2.68 bits per heavy atom. The number of rotatable bonds is 11. The summed E-state index contributed by atoms with van der Waals surface area (Å²) in [5, 5.41) is 14.9. The minimum atomic E-state index is -0.524. The van der Waals surface area contributed by atoms with Gasteiger partial charge in [-0.2, -0.15) is 0 Å². The molecule has 2 heterocycles. The number of anilines is 1. The SMILES string of the molecule is C=CCn1c(COc2ccc(Cl)cc2Cl)nnc1SCC(=O)Nc1scc(-c2ccccc2)c1C(=O)OC. The molecule has 0 atom stereocenters. The number of hydrogen-bond donors (Lipinski definition) is 1. The number of thiophene rings is 1. The number of esters is 1. The van der Waals surface area contributed by atoms with E-state index in [1.165, 1.54) is 30.2 Å². The number of ether oxygens (including phenoxy) is 2. The Morgan fingerprint density at radius 2 is 1.97 bits per heavy atom. The average Bonchev–Trinajstić information content (AvgIpc) is 3.51. The third-order valence-corrected chi connectivity index (χ3v) is 7.60. The van der Waals surface area contributed by atoms with Gasteiger partial charge in [-0.3, -0.25) is 9.36 Å². The van der Waals surface area contributed by atoms with Crippen LogP contribution in [0.1, 0.15) is 16.2 Å². The summed E-state index contributed by atoms with van der Waals surface area (Å²) in [4.78, 5) is 25.4. The first kappa shape index (κ1) is 27.7. The molecule has 38 heavy (non-hydrogen) atoms. The van der Waals surface area contributed by atoms with Crippen LogP contribution < -0.4 is 10.1 Å². The Morgan fingerprint density at radius 1 is 1.18 bits per heavy atom. The number of benzene rings is 2. The molecule has 0 aliphatic rings. The van der Waals surface area contributed by atoms with Crippen LogP contribution >= 0.6 is 46.3 Å². The number of amides is 1. The number of hydrogen-bond acceptors (Lipinski definition) is 8. The fraction of sp³-hybridized carbons (Fsp3) is 0.154. The Hall–Kier alpha value is -3.31. The molecule has 2 aromatic heterocycles. The maximum absolute atomic E-state index is 12.8. The van der Waals surface area contributed by atoms with Crippen molar-refractivity contribution >= 4 is 63.2 Å². The Balaban J connectivity index is 1.44. The summed E-state index contributed by atoms with van der Waals surface area (Å²) in [5.41, 5.74) is 1.87. The second kappa shape index (κ2) is 13.0. The van der Waals surface area contributed by atoms with Gasteiger partial charge in [0.2, 0.25) is 5.91 Å². The molecule has 196 valence electrons. The summed E-state index contributed by atoms with van der Waals surface area (Å²) in [6.07, 6.45) is 1.70. The molecular weight excluding hydrogens is 567 g/mol. The number of thioether (sulfide) groups is 1. The van der Waals surface area contributed by atoms with Crippen molar-refractivity contribution in [3.8, 4) is 16.9 Å². The summed E-state index contributed by atoms with van der Waals surface area (Å²) >= 11 is 14.6. The highest BCUT2D eigenvalue weighted by Crippen LogP contribution is 2.36. The van der Waals surface area contributed by atoms with Crippen LogP contribution in [-0.4, -0.2) is 39.5 Å². The Kier molecular flexibility index (Phi) is 9.46. The summed E-state index contributed by atoms with van der Waals surface area (Å²) in [6, 6.07) is 14.4. The molecule has 0 saturated heterocycles. The van der Waals surface area contributed by atoms with Gasteiger partial charge in [0.05, 0.1) is 17.9 Å². The van der Waals surface area contributed by atoms with E-state index >= 15 is 0 Å². The van der Waals surface area contributed by atoms with Gasteiger partial charge in [-0.1, -0.05) is 71.4 Å². The van der Waals surface area contributed by atoms with Crippen molar-refractivity contribution in [2.24, 2.45) is 0 Å². The molecule has 4 rings (SSSR count). The molecule has 0 unspecified atom stereocenters. The smallest absolute Gasteiger partial charge is 0.341 e. The Bertz CT molecular complexity index is 1460. The highest BCUT2D eigenvalue weighted by atomic mass is 35.5. The van der Waals surface area contributed by atoms with E-state index in [2.05, 4.69) is 22.1 Å². The summed E-state index contributed by atoms with van der Waals surface area (Å²) in [6.45, 7) is 4.31. The molecule has 4 aromatic rings. The van der Waals surface area contributed by atoms with Crippen LogP contribution in [0.25, 0.3) is 11.1 Å². The van der Waals surface area contributed by atoms with Crippen LogP contribution in [0.15, 0.2) is 71.7 Å². The lowest BCUT2D eigenvalue weighted by Crippen LogP contribution is -2.16. The van der Waals surface area contributed by atoms with Gasteiger partial charge in [0.15, 0.2) is 11.0 Å². The van der Waals surface area contributed by atoms with E-state index in [1.807, 2.05) is 35.7 Å². The zero-order valence-corrected chi connectivity index (χ0v) is 23.3. The molecular formula is C26H22Cl2N4O4S2. The molecule has 0 aliphatic heterocycles. The number of carbonyl (C=O) groups excluding carboxylic acids is 2. The number of methoxy groups -OCH3 is 1. The highest BCUT2D eigenvalue weighted by Gasteiger charge is 2.23. The van der Waals surface area contributed by atoms with Crippen LogP contribution in [0.4, 0.5) is 5.00 Å². The van der Waals surface area contributed by atoms with E-state index in [0.717, 1.165) is 5.56 Å². The summed E-state index contributed by atoms with van der Waals surface area (Å²) in [7, 11) is 1.31. The van der Waals surface area contributed by atoms with Crippen molar-refractivity contribution in [1.29, 1.82) is 0 Å². The normalized spacial score (nSPS) is 10.7. The third-order valence-electron chi connectivity index (χ3n) is 5.21. The number of nitrogens with one attached hydrogen (secondary N) is 1. The van der Waals surface area contributed by atoms with Crippen molar-refractivity contribution in [1.82, 2.24) is 14.8 Å². The third kappa shape index (κ3) is 6.57. The lowest BCUT2D eigenvalue weighted by molar-refractivity contribution is -0.113. The second-order valence-electron chi connectivity index (χ2n) is 7.71. The molecule has 0 saturated carbocycles. The van der Waals surface area contributed by atoms with Crippen molar-refractivity contribution < 1.29 is 19.1 Å². The van der Waals surface area contributed by atoms with E-state index in [-0.39, 0.29) is 18.3 Å². The van der Waals surface area contributed by atoms with E-state index in [0.29, 0.717) is 49.4 Å². The van der Waals surface area contributed by atoms with Gasteiger partial charge in [-0.05, 0) is 23.8 Å². The molecule has 2 aromatic carbocycles.